The van der Waals surface area contributed by atoms with Gasteiger partial charge in [0.1, 0.15) is 11.5 Å². The lowest BCUT2D eigenvalue weighted by molar-refractivity contribution is 0.0593. The minimum Gasteiger partial charge on any atom is -0.497 e. The molecule has 19 heavy (non-hydrogen) atoms. The van der Waals surface area contributed by atoms with Gasteiger partial charge in [-0.05, 0) is 19.2 Å². The molecular formula is C14H23NO4. The fourth-order valence-corrected chi connectivity index (χ4v) is 1.78. The molecule has 0 radical (unpaired) electrons. The average molecular weight is 269 g/mol. The summed E-state index contributed by atoms with van der Waals surface area (Å²) in [4.78, 5) is 0. The van der Waals surface area contributed by atoms with Gasteiger partial charge >= 0.3 is 0 Å². The normalized spacial score (nSPS) is 12.2. The Morgan fingerprint density at radius 2 is 1.89 bits per heavy atom. The summed E-state index contributed by atoms with van der Waals surface area (Å²) in [6.07, 6.45) is 0. The van der Waals surface area contributed by atoms with Gasteiger partial charge < -0.3 is 24.3 Å². The number of rotatable bonds is 9. The van der Waals surface area contributed by atoms with Crippen molar-refractivity contribution >= 4 is 0 Å². The van der Waals surface area contributed by atoms with E-state index in [-0.39, 0.29) is 6.04 Å². The molecule has 0 saturated heterocycles. The summed E-state index contributed by atoms with van der Waals surface area (Å²) in [6.45, 7) is 1.73. The topological polar surface area (TPSA) is 49.0 Å². The summed E-state index contributed by atoms with van der Waals surface area (Å²) < 4.78 is 21.1. The van der Waals surface area contributed by atoms with Crippen LogP contribution in [-0.2, 0) is 9.47 Å². The zero-order valence-corrected chi connectivity index (χ0v) is 12.1. The highest BCUT2D eigenvalue weighted by Crippen LogP contribution is 2.29. The van der Waals surface area contributed by atoms with E-state index in [0.29, 0.717) is 19.8 Å². The van der Waals surface area contributed by atoms with Crippen LogP contribution in [0.15, 0.2) is 18.2 Å². The third-order valence-corrected chi connectivity index (χ3v) is 2.88. The molecule has 108 valence electrons. The molecule has 1 aromatic rings. The lowest BCUT2D eigenvalue weighted by atomic mass is 10.1. The van der Waals surface area contributed by atoms with E-state index in [1.165, 1.54) is 0 Å². The number of ether oxygens (including phenoxy) is 4. The van der Waals surface area contributed by atoms with Crippen LogP contribution in [0.3, 0.4) is 0 Å². The molecule has 0 bridgehead atoms. The lowest BCUT2D eigenvalue weighted by Crippen LogP contribution is -2.23. The number of methoxy groups -OCH3 is 3. The number of benzene rings is 1. The number of nitrogens with one attached hydrogen (secondary N) is 1. The molecule has 1 unspecified atom stereocenters. The van der Waals surface area contributed by atoms with E-state index in [1.807, 2.05) is 25.2 Å². The molecule has 0 heterocycles. The van der Waals surface area contributed by atoms with Crippen molar-refractivity contribution in [3.05, 3.63) is 23.8 Å². The summed E-state index contributed by atoms with van der Waals surface area (Å²) in [5, 5.41) is 3.22. The Bertz CT molecular complexity index is 370. The largest absolute Gasteiger partial charge is 0.497 e. The van der Waals surface area contributed by atoms with Gasteiger partial charge in [0.25, 0.3) is 0 Å². The van der Waals surface area contributed by atoms with Gasteiger partial charge in [0.15, 0.2) is 0 Å². The first-order valence-corrected chi connectivity index (χ1v) is 6.22. The molecule has 1 aromatic carbocycles. The fourth-order valence-electron chi connectivity index (χ4n) is 1.78. The Labute approximate surface area is 114 Å². The van der Waals surface area contributed by atoms with E-state index in [2.05, 4.69) is 5.32 Å². The first kappa shape index (κ1) is 15.8. The molecule has 0 saturated carbocycles. The van der Waals surface area contributed by atoms with E-state index in [4.69, 9.17) is 18.9 Å². The first-order valence-electron chi connectivity index (χ1n) is 6.22. The predicted octanol–water partition coefficient (Wildman–Crippen LogP) is 1.63. The average Bonchev–Trinajstić information content (AvgIpc) is 2.47. The Morgan fingerprint density at radius 3 is 2.47 bits per heavy atom. The Balaban J connectivity index is 2.73. The van der Waals surface area contributed by atoms with E-state index < -0.39 is 0 Å². The summed E-state index contributed by atoms with van der Waals surface area (Å²) in [5.41, 5.74) is 1.04. The smallest absolute Gasteiger partial charge is 0.127 e. The minimum atomic E-state index is 0.0673. The molecule has 0 spiro atoms. The highest BCUT2D eigenvalue weighted by Gasteiger charge is 2.15. The highest BCUT2D eigenvalue weighted by atomic mass is 16.5. The van der Waals surface area contributed by atoms with Crippen molar-refractivity contribution < 1.29 is 18.9 Å². The Hall–Kier alpha value is -1.30. The summed E-state index contributed by atoms with van der Waals surface area (Å²) in [7, 11) is 6.84. The zero-order chi connectivity index (χ0) is 14.1. The van der Waals surface area contributed by atoms with E-state index >= 15 is 0 Å². The molecule has 5 nitrogen and oxygen atoms in total. The maximum atomic E-state index is 5.56. The molecule has 5 heteroatoms. The molecule has 0 aliphatic rings. The van der Waals surface area contributed by atoms with Crippen molar-refractivity contribution in [1.29, 1.82) is 0 Å². The first-order chi connectivity index (χ1) is 9.26. The third-order valence-electron chi connectivity index (χ3n) is 2.88. The van der Waals surface area contributed by atoms with Crippen LogP contribution in [0.4, 0.5) is 0 Å². The van der Waals surface area contributed by atoms with Crippen LogP contribution >= 0.6 is 0 Å². The fraction of sp³-hybridized carbons (Fsp3) is 0.571. The molecule has 0 aliphatic heterocycles. The van der Waals surface area contributed by atoms with Crippen molar-refractivity contribution in [3.8, 4) is 11.5 Å². The molecular weight excluding hydrogens is 246 g/mol. The minimum absolute atomic E-state index is 0.0673. The molecule has 0 fully saturated rings. The molecule has 0 amide bonds. The van der Waals surface area contributed by atoms with Crippen molar-refractivity contribution in [2.24, 2.45) is 0 Å². The summed E-state index contributed by atoms with van der Waals surface area (Å²) in [6, 6.07) is 5.84. The SMILES string of the molecule is CNC(COCCOC)c1ccc(OC)cc1OC. The predicted molar refractivity (Wildman–Crippen MR) is 74.0 cm³/mol. The van der Waals surface area contributed by atoms with Gasteiger partial charge in [0.05, 0.1) is 40.1 Å². The number of likely N-dealkylation sites (N-methyl/N-ethyl adjacent to an activating group) is 1. The van der Waals surface area contributed by atoms with E-state index in [0.717, 1.165) is 17.1 Å². The third kappa shape index (κ3) is 4.70. The van der Waals surface area contributed by atoms with Crippen LogP contribution in [0.2, 0.25) is 0 Å². The van der Waals surface area contributed by atoms with Gasteiger partial charge in [-0.2, -0.15) is 0 Å². The quantitative estimate of drug-likeness (QED) is 0.690. The monoisotopic (exact) mass is 269 g/mol. The van der Waals surface area contributed by atoms with Crippen molar-refractivity contribution in [2.75, 3.05) is 48.2 Å². The lowest BCUT2D eigenvalue weighted by Gasteiger charge is -2.20. The van der Waals surface area contributed by atoms with Crippen molar-refractivity contribution in [3.63, 3.8) is 0 Å². The Kier molecular flexibility index (Phi) is 7.25. The highest BCUT2D eigenvalue weighted by molar-refractivity contribution is 5.42. The van der Waals surface area contributed by atoms with Crippen molar-refractivity contribution in [1.82, 2.24) is 5.32 Å². The number of hydrogen-bond acceptors (Lipinski definition) is 5. The maximum Gasteiger partial charge on any atom is 0.127 e. The van der Waals surface area contributed by atoms with Crippen LogP contribution in [-0.4, -0.2) is 48.2 Å². The van der Waals surface area contributed by atoms with Gasteiger partial charge in [0.2, 0.25) is 0 Å². The molecule has 1 N–H and O–H groups in total. The van der Waals surface area contributed by atoms with Crippen LogP contribution in [0.1, 0.15) is 11.6 Å². The number of hydrogen-bond donors (Lipinski definition) is 1. The van der Waals surface area contributed by atoms with Gasteiger partial charge in [-0.1, -0.05) is 0 Å². The van der Waals surface area contributed by atoms with Crippen LogP contribution in [0.25, 0.3) is 0 Å². The molecule has 0 aliphatic carbocycles. The van der Waals surface area contributed by atoms with Gasteiger partial charge in [-0.15, -0.1) is 0 Å². The second-order valence-electron chi connectivity index (χ2n) is 4.02. The van der Waals surface area contributed by atoms with Crippen LogP contribution in [0.5, 0.6) is 11.5 Å². The van der Waals surface area contributed by atoms with Crippen LogP contribution in [0, 0.1) is 0 Å². The van der Waals surface area contributed by atoms with E-state index in [1.54, 1.807) is 21.3 Å². The van der Waals surface area contributed by atoms with E-state index in [9.17, 15) is 0 Å². The summed E-state index contributed by atoms with van der Waals surface area (Å²) >= 11 is 0. The maximum absolute atomic E-state index is 5.56. The summed E-state index contributed by atoms with van der Waals surface area (Å²) in [5.74, 6) is 1.56. The molecule has 0 aromatic heterocycles. The standard InChI is InChI=1S/C14H23NO4/c1-15-13(10-19-8-7-16-2)12-6-5-11(17-3)9-14(12)18-4/h5-6,9,13,15H,7-8,10H2,1-4H3. The van der Waals surface area contributed by atoms with Gasteiger partial charge in [-0.3, -0.25) is 0 Å². The van der Waals surface area contributed by atoms with Gasteiger partial charge in [-0.25, -0.2) is 0 Å². The molecule has 1 atom stereocenters. The van der Waals surface area contributed by atoms with Crippen LogP contribution < -0.4 is 14.8 Å². The zero-order valence-electron chi connectivity index (χ0n) is 12.1. The van der Waals surface area contributed by atoms with Gasteiger partial charge in [0, 0.05) is 18.7 Å². The Morgan fingerprint density at radius 1 is 1.11 bits per heavy atom. The molecule has 1 rings (SSSR count). The second-order valence-corrected chi connectivity index (χ2v) is 4.02. The van der Waals surface area contributed by atoms with Crippen molar-refractivity contribution in [2.45, 2.75) is 6.04 Å². The second kappa shape index (κ2) is 8.74.